The van der Waals surface area contributed by atoms with Crippen molar-refractivity contribution in [2.75, 3.05) is 16.4 Å². The van der Waals surface area contributed by atoms with Crippen molar-refractivity contribution in [2.24, 2.45) is 0 Å². The van der Waals surface area contributed by atoms with E-state index in [0.29, 0.717) is 5.65 Å². The number of nitrogens with zero attached hydrogens (tertiary/aromatic N) is 5. The Labute approximate surface area is 191 Å². The van der Waals surface area contributed by atoms with Crippen molar-refractivity contribution in [1.29, 1.82) is 0 Å². The summed E-state index contributed by atoms with van der Waals surface area (Å²) in [6.07, 6.45) is 5.09. The highest BCUT2D eigenvalue weighted by Gasteiger charge is 2.42. The number of hydrogen-bond acceptors (Lipinski definition) is 7. The van der Waals surface area contributed by atoms with Gasteiger partial charge in [-0.1, -0.05) is 12.1 Å². The summed E-state index contributed by atoms with van der Waals surface area (Å²) in [4.78, 5) is 20.5. The highest BCUT2D eigenvalue weighted by atomic mass is 19.1. The van der Waals surface area contributed by atoms with E-state index >= 15 is 8.78 Å². The number of nitrogens with one attached hydrogen (secondary N) is 2. The van der Waals surface area contributed by atoms with Gasteiger partial charge in [0.2, 0.25) is 5.88 Å². The Bertz CT molecular complexity index is 1430. The van der Waals surface area contributed by atoms with Crippen molar-refractivity contribution in [3.05, 3.63) is 41.9 Å². The fraction of sp³-hybridized carbons (Fsp3) is 0.318. The molecule has 2 fully saturated rings. The van der Waals surface area contributed by atoms with E-state index in [2.05, 4.69) is 37.8 Å². The summed E-state index contributed by atoms with van der Waals surface area (Å²) in [6.45, 7) is 2.05. The van der Waals surface area contributed by atoms with E-state index in [1.54, 1.807) is 10.7 Å². The SMILES string of the molecule is CC1(c2cc(NC(=O)Nc3cc(F)c(-c4nn(C5CC5)c5ncnc(N)c45)c(F)c3)on2)CC1. The van der Waals surface area contributed by atoms with E-state index in [4.69, 9.17) is 10.3 Å². The van der Waals surface area contributed by atoms with Gasteiger partial charge in [-0.25, -0.2) is 28.2 Å². The number of nitrogen functional groups attached to an aromatic ring is 1. The molecule has 34 heavy (non-hydrogen) atoms. The van der Waals surface area contributed by atoms with Crippen molar-refractivity contribution in [3.8, 4) is 11.3 Å². The second-order valence-electron chi connectivity index (χ2n) is 9.01. The number of fused-ring (bicyclic) bond motifs is 1. The number of amides is 2. The molecule has 2 amide bonds. The third-order valence-electron chi connectivity index (χ3n) is 6.31. The first-order valence-corrected chi connectivity index (χ1v) is 10.9. The Balaban J connectivity index is 1.28. The smallest absolute Gasteiger partial charge is 0.326 e. The van der Waals surface area contributed by atoms with Crippen LogP contribution in [0.1, 0.15) is 44.3 Å². The average molecular weight is 466 g/mol. The summed E-state index contributed by atoms with van der Waals surface area (Å²) < 4.78 is 37.0. The van der Waals surface area contributed by atoms with Gasteiger partial charge in [-0.3, -0.25) is 5.32 Å². The minimum atomic E-state index is -0.912. The number of carbonyl (C=O) groups excluding carboxylic acids is 1. The molecule has 174 valence electrons. The number of urea groups is 1. The van der Waals surface area contributed by atoms with Crippen LogP contribution < -0.4 is 16.4 Å². The summed E-state index contributed by atoms with van der Waals surface area (Å²) >= 11 is 0. The van der Waals surface area contributed by atoms with Gasteiger partial charge < -0.3 is 15.6 Å². The first kappa shape index (κ1) is 20.5. The zero-order valence-corrected chi connectivity index (χ0v) is 18.1. The van der Waals surface area contributed by atoms with Crippen LogP contribution in [0, 0.1) is 11.6 Å². The molecule has 0 aliphatic heterocycles. The zero-order valence-electron chi connectivity index (χ0n) is 18.1. The Morgan fingerprint density at radius 1 is 1.18 bits per heavy atom. The van der Waals surface area contributed by atoms with Gasteiger partial charge in [0.05, 0.1) is 22.7 Å². The summed E-state index contributed by atoms with van der Waals surface area (Å²) in [5.74, 6) is -1.60. The molecule has 2 aliphatic carbocycles. The van der Waals surface area contributed by atoms with Crippen molar-refractivity contribution >= 4 is 34.5 Å². The molecule has 0 unspecified atom stereocenters. The molecule has 0 atom stereocenters. The average Bonchev–Trinajstić information content (AvgIpc) is 3.68. The Morgan fingerprint density at radius 2 is 1.91 bits per heavy atom. The molecule has 2 saturated carbocycles. The lowest BCUT2D eigenvalue weighted by atomic mass is 10.1. The molecule has 4 N–H and O–H groups in total. The Morgan fingerprint density at radius 3 is 2.59 bits per heavy atom. The van der Waals surface area contributed by atoms with Gasteiger partial charge in [0, 0.05) is 17.2 Å². The van der Waals surface area contributed by atoms with Crippen molar-refractivity contribution in [2.45, 2.75) is 44.1 Å². The quantitative estimate of drug-likeness (QED) is 0.397. The summed E-state index contributed by atoms with van der Waals surface area (Å²) in [6, 6.07) is 3.05. The molecule has 3 heterocycles. The topological polar surface area (TPSA) is 137 Å². The zero-order chi connectivity index (χ0) is 23.6. The molecule has 12 heteroatoms. The number of hydrogen-bond donors (Lipinski definition) is 3. The van der Waals surface area contributed by atoms with Gasteiger partial charge in [0.25, 0.3) is 0 Å². The van der Waals surface area contributed by atoms with Crippen molar-refractivity contribution in [3.63, 3.8) is 0 Å². The van der Waals surface area contributed by atoms with Crippen LogP contribution in [0.15, 0.2) is 29.0 Å². The predicted octanol–water partition coefficient (Wildman–Crippen LogP) is 4.37. The van der Waals surface area contributed by atoms with Gasteiger partial charge in [-0.05, 0) is 37.8 Å². The molecule has 3 aromatic heterocycles. The maximum atomic E-state index is 15.1. The molecular formula is C22H20F2N8O2. The number of nitrogens with two attached hydrogens (primary N) is 1. The molecule has 1 aromatic carbocycles. The first-order valence-electron chi connectivity index (χ1n) is 10.9. The summed E-state index contributed by atoms with van der Waals surface area (Å²) in [5, 5.41) is 13.5. The second kappa shape index (κ2) is 7.20. The fourth-order valence-corrected chi connectivity index (χ4v) is 3.95. The number of anilines is 3. The van der Waals surface area contributed by atoms with Crippen LogP contribution in [0.2, 0.25) is 0 Å². The van der Waals surface area contributed by atoms with Crippen molar-refractivity contribution < 1.29 is 18.1 Å². The third kappa shape index (κ3) is 3.42. The highest BCUT2D eigenvalue weighted by Crippen LogP contribution is 2.47. The first-order chi connectivity index (χ1) is 16.3. The maximum Gasteiger partial charge on any atom is 0.326 e. The summed E-state index contributed by atoms with van der Waals surface area (Å²) in [7, 11) is 0. The third-order valence-corrected chi connectivity index (χ3v) is 6.31. The molecule has 0 saturated heterocycles. The predicted molar refractivity (Wildman–Crippen MR) is 119 cm³/mol. The molecule has 10 nitrogen and oxygen atoms in total. The lowest BCUT2D eigenvalue weighted by Gasteiger charge is -2.09. The van der Waals surface area contributed by atoms with Crippen LogP contribution in [-0.2, 0) is 5.41 Å². The molecule has 6 rings (SSSR count). The van der Waals surface area contributed by atoms with E-state index in [1.807, 2.05) is 0 Å². The highest BCUT2D eigenvalue weighted by molar-refractivity contribution is 6.00. The van der Waals surface area contributed by atoms with E-state index in [1.165, 1.54) is 6.33 Å². The Hall–Kier alpha value is -4.09. The van der Waals surface area contributed by atoms with Crippen molar-refractivity contribution in [1.82, 2.24) is 24.9 Å². The largest absolute Gasteiger partial charge is 0.383 e. The number of carbonyl (C=O) groups is 1. The van der Waals surface area contributed by atoms with E-state index in [-0.39, 0.29) is 45.5 Å². The van der Waals surface area contributed by atoms with Gasteiger partial charge in [0.15, 0.2) is 5.65 Å². The number of halogens is 2. The van der Waals surface area contributed by atoms with Gasteiger partial charge in [-0.15, -0.1) is 0 Å². The number of benzene rings is 1. The summed E-state index contributed by atoms with van der Waals surface area (Å²) in [5.41, 5.74) is 6.74. The van der Waals surface area contributed by atoms with Crippen LogP contribution in [0.25, 0.3) is 22.3 Å². The molecular weight excluding hydrogens is 446 g/mol. The Kier molecular flexibility index (Phi) is 4.35. The lowest BCUT2D eigenvalue weighted by molar-refractivity contribution is 0.261. The molecule has 4 aromatic rings. The number of rotatable bonds is 5. The van der Waals surface area contributed by atoms with Gasteiger partial charge in [0.1, 0.15) is 29.5 Å². The normalized spacial score (nSPS) is 16.6. The van der Waals surface area contributed by atoms with E-state index in [9.17, 15) is 4.79 Å². The standard InChI is InChI=1S/C22H20F2N8O2/c1-22(4-5-22)14-8-15(34-31-14)29-21(33)28-10-6-12(23)16(13(24)7-10)18-17-19(25)26-9-27-20(17)32(30-18)11-2-3-11/h6-9,11H,2-5H2,1H3,(H2,25,26,27)(H2,28,29,33). The fourth-order valence-electron chi connectivity index (χ4n) is 3.95. The molecule has 2 aliphatic rings. The molecule has 0 spiro atoms. The molecule has 0 radical (unpaired) electrons. The van der Waals surface area contributed by atoms with Crippen LogP contribution >= 0.6 is 0 Å². The lowest BCUT2D eigenvalue weighted by Crippen LogP contribution is -2.19. The molecule has 0 bridgehead atoms. The minimum Gasteiger partial charge on any atom is -0.383 e. The van der Waals surface area contributed by atoms with Crippen LogP contribution in [0.4, 0.5) is 31.0 Å². The van der Waals surface area contributed by atoms with E-state index < -0.39 is 17.7 Å². The van der Waals surface area contributed by atoms with Gasteiger partial charge in [-0.2, -0.15) is 5.10 Å². The number of aromatic nitrogens is 5. The van der Waals surface area contributed by atoms with Crippen LogP contribution in [0.5, 0.6) is 0 Å². The maximum absolute atomic E-state index is 15.1. The van der Waals surface area contributed by atoms with Crippen LogP contribution in [0.3, 0.4) is 0 Å². The van der Waals surface area contributed by atoms with Crippen LogP contribution in [-0.4, -0.2) is 30.9 Å². The van der Waals surface area contributed by atoms with Gasteiger partial charge >= 0.3 is 6.03 Å². The van der Waals surface area contributed by atoms with E-state index in [0.717, 1.165) is 43.5 Å². The monoisotopic (exact) mass is 466 g/mol. The minimum absolute atomic E-state index is 0.0207. The second-order valence-corrected chi connectivity index (χ2v) is 9.01.